The lowest BCUT2D eigenvalue weighted by Gasteiger charge is -2.16. The van der Waals surface area contributed by atoms with Gasteiger partial charge in [0, 0.05) is 29.9 Å². The minimum absolute atomic E-state index is 0.0367. The third-order valence-corrected chi connectivity index (χ3v) is 3.45. The summed E-state index contributed by atoms with van der Waals surface area (Å²) in [6.07, 6.45) is 4.05. The second kappa shape index (κ2) is 5.90. The first kappa shape index (κ1) is 14.3. The van der Waals surface area contributed by atoms with Gasteiger partial charge in [0.05, 0.1) is 6.33 Å². The molecule has 1 heterocycles. The monoisotopic (exact) mass is 271 g/mol. The zero-order valence-corrected chi connectivity index (χ0v) is 12.4. The molecule has 0 radical (unpaired) electrons. The van der Waals surface area contributed by atoms with Crippen LogP contribution in [-0.2, 0) is 11.2 Å². The number of nitrogens with one attached hydrogen (secondary N) is 2. The highest BCUT2D eigenvalue weighted by Gasteiger charge is 2.16. The first-order valence-electron chi connectivity index (χ1n) is 6.83. The van der Waals surface area contributed by atoms with E-state index >= 15 is 0 Å². The van der Waals surface area contributed by atoms with Crippen LogP contribution in [-0.4, -0.2) is 15.9 Å². The minimum Gasteiger partial charge on any atom is -0.348 e. The number of nitrogens with zero attached hydrogens (tertiary/aromatic N) is 1. The van der Waals surface area contributed by atoms with Crippen LogP contribution in [0, 0.1) is 26.7 Å². The fraction of sp³-hybridized carbons (Fsp3) is 0.375. The molecule has 1 aromatic heterocycles. The number of aromatic nitrogens is 2. The average Bonchev–Trinajstić information content (AvgIpc) is 2.86. The number of H-pyrrole nitrogens is 1. The highest BCUT2D eigenvalue weighted by molar-refractivity contribution is 5.94. The third-order valence-electron chi connectivity index (χ3n) is 3.45. The molecule has 0 fully saturated rings. The molecule has 1 atom stereocenters. The number of benzene rings is 1. The molecule has 2 N–H and O–H groups in total. The Labute approximate surface area is 119 Å². The molecule has 4 nitrogen and oxygen atoms in total. The van der Waals surface area contributed by atoms with Gasteiger partial charge in [-0.15, -0.1) is 0 Å². The van der Waals surface area contributed by atoms with Gasteiger partial charge in [0.1, 0.15) is 0 Å². The summed E-state index contributed by atoms with van der Waals surface area (Å²) in [6, 6.07) is 4.17. The lowest BCUT2D eigenvalue weighted by Crippen LogP contribution is -2.23. The van der Waals surface area contributed by atoms with E-state index in [-0.39, 0.29) is 11.8 Å². The molecule has 0 aliphatic rings. The third kappa shape index (κ3) is 3.26. The van der Waals surface area contributed by atoms with E-state index < -0.39 is 0 Å². The Morgan fingerprint density at radius 1 is 1.30 bits per heavy atom. The van der Waals surface area contributed by atoms with Gasteiger partial charge in [0.25, 0.3) is 0 Å². The Morgan fingerprint density at radius 3 is 2.50 bits per heavy atom. The molecule has 1 unspecified atom stereocenters. The topological polar surface area (TPSA) is 57.8 Å². The van der Waals surface area contributed by atoms with Crippen molar-refractivity contribution in [3.05, 3.63) is 47.0 Å². The van der Waals surface area contributed by atoms with Gasteiger partial charge in [-0.3, -0.25) is 4.79 Å². The maximum atomic E-state index is 12.3. The Kier molecular flexibility index (Phi) is 4.23. The van der Waals surface area contributed by atoms with E-state index in [0.29, 0.717) is 6.42 Å². The number of hydrogen-bond donors (Lipinski definition) is 2. The van der Waals surface area contributed by atoms with Gasteiger partial charge in [-0.05, 0) is 31.9 Å². The number of carbonyl (C=O) groups excluding carboxylic acids is 1. The van der Waals surface area contributed by atoms with Crippen molar-refractivity contribution < 1.29 is 4.79 Å². The molecule has 106 valence electrons. The fourth-order valence-corrected chi connectivity index (χ4v) is 2.44. The van der Waals surface area contributed by atoms with E-state index in [4.69, 9.17) is 0 Å². The molecule has 0 saturated carbocycles. The number of carbonyl (C=O) groups is 1. The van der Waals surface area contributed by atoms with Crippen LogP contribution >= 0.6 is 0 Å². The Balaban J connectivity index is 2.08. The van der Waals surface area contributed by atoms with Crippen LogP contribution in [0.15, 0.2) is 24.7 Å². The maximum absolute atomic E-state index is 12.3. The molecule has 20 heavy (non-hydrogen) atoms. The van der Waals surface area contributed by atoms with E-state index in [1.807, 2.05) is 20.8 Å². The lowest BCUT2D eigenvalue weighted by molar-refractivity contribution is -0.119. The number of hydrogen-bond acceptors (Lipinski definition) is 2. The smallest absolute Gasteiger partial charge is 0.227 e. The van der Waals surface area contributed by atoms with Crippen molar-refractivity contribution in [3.63, 3.8) is 0 Å². The fourth-order valence-electron chi connectivity index (χ4n) is 2.44. The van der Waals surface area contributed by atoms with Gasteiger partial charge in [-0.25, -0.2) is 4.98 Å². The van der Waals surface area contributed by atoms with E-state index in [1.54, 1.807) is 12.5 Å². The molecular weight excluding hydrogens is 250 g/mol. The highest BCUT2D eigenvalue weighted by Crippen LogP contribution is 2.22. The van der Waals surface area contributed by atoms with Crippen molar-refractivity contribution in [2.75, 3.05) is 5.32 Å². The summed E-state index contributed by atoms with van der Waals surface area (Å²) in [4.78, 5) is 19.3. The van der Waals surface area contributed by atoms with Gasteiger partial charge < -0.3 is 10.3 Å². The second-order valence-corrected chi connectivity index (χ2v) is 5.44. The van der Waals surface area contributed by atoms with Crippen LogP contribution in [0.25, 0.3) is 0 Å². The molecular formula is C16H21N3O. The number of aryl methyl sites for hydroxylation is 3. The van der Waals surface area contributed by atoms with Gasteiger partial charge >= 0.3 is 0 Å². The quantitative estimate of drug-likeness (QED) is 0.897. The van der Waals surface area contributed by atoms with E-state index in [9.17, 15) is 4.79 Å². The largest absolute Gasteiger partial charge is 0.348 e. The summed E-state index contributed by atoms with van der Waals surface area (Å²) in [6.45, 7) is 8.03. The maximum Gasteiger partial charge on any atom is 0.227 e. The molecule has 0 spiro atoms. The standard InChI is InChI=1S/C16H21N3O/c1-10-5-11(2)15(12(3)6-10)19-16(20)13(4)7-14-8-17-9-18-14/h5-6,8-9,13H,7H2,1-4H3,(H,17,18)(H,19,20). The number of amides is 1. The van der Waals surface area contributed by atoms with Gasteiger partial charge in [0.2, 0.25) is 5.91 Å². The zero-order valence-electron chi connectivity index (χ0n) is 12.4. The summed E-state index contributed by atoms with van der Waals surface area (Å²) in [5, 5.41) is 3.04. The summed E-state index contributed by atoms with van der Waals surface area (Å²) in [5.74, 6) is -0.0646. The van der Waals surface area contributed by atoms with Crippen molar-refractivity contribution in [2.45, 2.75) is 34.1 Å². The Bertz CT molecular complexity index is 579. The second-order valence-electron chi connectivity index (χ2n) is 5.44. The Morgan fingerprint density at radius 2 is 1.95 bits per heavy atom. The summed E-state index contributed by atoms with van der Waals surface area (Å²) in [5.41, 5.74) is 5.32. The lowest BCUT2D eigenvalue weighted by atomic mass is 10.0. The predicted octanol–water partition coefficient (Wildman–Crippen LogP) is 3.15. The molecule has 0 saturated heterocycles. The van der Waals surface area contributed by atoms with E-state index in [0.717, 1.165) is 22.5 Å². The first-order valence-corrected chi connectivity index (χ1v) is 6.83. The van der Waals surface area contributed by atoms with Crippen LogP contribution in [0.4, 0.5) is 5.69 Å². The number of imidazole rings is 1. The van der Waals surface area contributed by atoms with E-state index in [1.165, 1.54) is 5.56 Å². The SMILES string of the molecule is Cc1cc(C)c(NC(=O)C(C)Cc2cnc[nH]2)c(C)c1. The van der Waals surface area contributed by atoms with Crippen LogP contribution in [0.1, 0.15) is 29.3 Å². The van der Waals surface area contributed by atoms with Crippen LogP contribution in [0.3, 0.4) is 0 Å². The summed E-state index contributed by atoms with van der Waals surface area (Å²) in [7, 11) is 0. The number of anilines is 1. The van der Waals surface area contributed by atoms with Crippen LogP contribution < -0.4 is 5.32 Å². The van der Waals surface area contributed by atoms with Crippen LogP contribution in [0.2, 0.25) is 0 Å². The van der Waals surface area contributed by atoms with Crippen LogP contribution in [0.5, 0.6) is 0 Å². The van der Waals surface area contributed by atoms with Crippen molar-refractivity contribution in [2.24, 2.45) is 5.92 Å². The summed E-state index contributed by atoms with van der Waals surface area (Å²) < 4.78 is 0. The minimum atomic E-state index is -0.101. The van der Waals surface area contributed by atoms with Gasteiger partial charge in [0.15, 0.2) is 0 Å². The number of aromatic amines is 1. The molecule has 0 aliphatic carbocycles. The molecule has 4 heteroatoms. The van der Waals surface area contributed by atoms with Crippen molar-refractivity contribution in [1.82, 2.24) is 9.97 Å². The molecule has 0 aliphatic heterocycles. The van der Waals surface area contributed by atoms with Crippen molar-refractivity contribution in [3.8, 4) is 0 Å². The normalized spacial score (nSPS) is 12.2. The summed E-state index contributed by atoms with van der Waals surface area (Å²) >= 11 is 0. The highest BCUT2D eigenvalue weighted by atomic mass is 16.1. The first-order chi connectivity index (χ1) is 9.47. The average molecular weight is 271 g/mol. The predicted molar refractivity (Wildman–Crippen MR) is 80.7 cm³/mol. The van der Waals surface area contributed by atoms with Crippen molar-refractivity contribution in [1.29, 1.82) is 0 Å². The van der Waals surface area contributed by atoms with Crippen molar-refractivity contribution >= 4 is 11.6 Å². The molecule has 1 aromatic carbocycles. The molecule has 1 amide bonds. The Hall–Kier alpha value is -2.10. The molecule has 0 bridgehead atoms. The van der Waals surface area contributed by atoms with E-state index in [2.05, 4.69) is 34.3 Å². The molecule has 2 rings (SSSR count). The van der Waals surface area contributed by atoms with Gasteiger partial charge in [-0.2, -0.15) is 0 Å². The zero-order chi connectivity index (χ0) is 14.7. The van der Waals surface area contributed by atoms with Gasteiger partial charge in [-0.1, -0.05) is 24.6 Å². The number of rotatable bonds is 4. The molecule has 2 aromatic rings.